The van der Waals surface area contributed by atoms with E-state index in [4.69, 9.17) is 14.2 Å². The normalized spacial score (nSPS) is 19.1. The lowest BCUT2D eigenvalue weighted by Gasteiger charge is -2.28. The molecule has 0 saturated carbocycles. The molecule has 0 radical (unpaired) electrons. The van der Waals surface area contributed by atoms with Crippen LogP contribution in [0.3, 0.4) is 0 Å². The van der Waals surface area contributed by atoms with E-state index in [-0.39, 0.29) is 12.1 Å². The Balaban J connectivity index is 2.17. The van der Waals surface area contributed by atoms with Gasteiger partial charge < -0.3 is 19.5 Å². The van der Waals surface area contributed by atoms with Crippen LogP contribution in [-0.2, 0) is 19.0 Å². The Labute approximate surface area is 109 Å². The Morgan fingerprint density at radius 2 is 2.17 bits per heavy atom. The molecule has 1 heterocycles. The Hall–Kier alpha value is -0.650. The summed E-state index contributed by atoms with van der Waals surface area (Å²) >= 11 is 0. The standard InChI is InChI=1S/C13H25NO4/c1-4-14-13(2,12(15)16-3)7-5-6-8-18-11-9-17-10-11/h11,14H,4-10H2,1-3H3. The van der Waals surface area contributed by atoms with Gasteiger partial charge in [0.25, 0.3) is 0 Å². The summed E-state index contributed by atoms with van der Waals surface area (Å²) in [7, 11) is 1.43. The van der Waals surface area contributed by atoms with E-state index in [1.807, 2.05) is 13.8 Å². The van der Waals surface area contributed by atoms with E-state index in [1.54, 1.807) is 0 Å². The maximum atomic E-state index is 11.7. The highest BCUT2D eigenvalue weighted by atomic mass is 16.6. The molecular weight excluding hydrogens is 234 g/mol. The molecule has 5 nitrogen and oxygen atoms in total. The number of carbonyl (C=O) groups is 1. The minimum Gasteiger partial charge on any atom is -0.468 e. The van der Waals surface area contributed by atoms with Gasteiger partial charge in [-0.25, -0.2) is 0 Å². The fourth-order valence-electron chi connectivity index (χ4n) is 2.02. The van der Waals surface area contributed by atoms with E-state index in [0.717, 1.165) is 45.6 Å². The van der Waals surface area contributed by atoms with Gasteiger partial charge in [0, 0.05) is 6.61 Å². The number of rotatable bonds is 9. The first kappa shape index (κ1) is 15.4. The predicted molar refractivity (Wildman–Crippen MR) is 68.5 cm³/mol. The van der Waals surface area contributed by atoms with Crippen molar-refractivity contribution in [3.05, 3.63) is 0 Å². The third-order valence-electron chi connectivity index (χ3n) is 3.24. The largest absolute Gasteiger partial charge is 0.468 e. The highest BCUT2D eigenvalue weighted by molar-refractivity contribution is 5.80. The average molecular weight is 259 g/mol. The van der Waals surface area contributed by atoms with Gasteiger partial charge in [-0.15, -0.1) is 0 Å². The molecule has 5 heteroatoms. The average Bonchev–Trinajstić information content (AvgIpc) is 2.30. The highest BCUT2D eigenvalue weighted by Gasteiger charge is 2.32. The minimum absolute atomic E-state index is 0.197. The number of ether oxygens (including phenoxy) is 3. The Morgan fingerprint density at radius 1 is 1.44 bits per heavy atom. The number of carbonyl (C=O) groups excluding carboxylic acids is 1. The second-order valence-corrected chi connectivity index (χ2v) is 4.84. The van der Waals surface area contributed by atoms with E-state index in [9.17, 15) is 4.79 Å². The van der Waals surface area contributed by atoms with Crippen molar-refractivity contribution in [1.82, 2.24) is 5.32 Å². The van der Waals surface area contributed by atoms with Crippen molar-refractivity contribution in [3.8, 4) is 0 Å². The molecular formula is C13H25NO4. The fourth-order valence-corrected chi connectivity index (χ4v) is 2.02. The molecule has 1 N–H and O–H groups in total. The van der Waals surface area contributed by atoms with Crippen molar-refractivity contribution in [1.29, 1.82) is 0 Å². The van der Waals surface area contributed by atoms with E-state index in [2.05, 4.69) is 5.32 Å². The summed E-state index contributed by atoms with van der Waals surface area (Å²) in [5.74, 6) is -0.197. The smallest absolute Gasteiger partial charge is 0.325 e. The Morgan fingerprint density at radius 3 is 2.67 bits per heavy atom. The topological polar surface area (TPSA) is 56.8 Å². The number of hydrogen-bond donors (Lipinski definition) is 1. The van der Waals surface area contributed by atoms with Crippen LogP contribution in [0.4, 0.5) is 0 Å². The van der Waals surface area contributed by atoms with Gasteiger partial charge in [0.1, 0.15) is 11.6 Å². The zero-order valence-electron chi connectivity index (χ0n) is 11.7. The third-order valence-corrected chi connectivity index (χ3v) is 3.24. The summed E-state index contributed by atoms with van der Waals surface area (Å²) < 4.78 is 15.4. The van der Waals surface area contributed by atoms with E-state index < -0.39 is 5.54 Å². The molecule has 0 aromatic rings. The lowest BCUT2D eigenvalue weighted by molar-refractivity contribution is -0.148. The molecule has 1 aliphatic rings. The summed E-state index contributed by atoms with van der Waals surface area (Å²) in [6.45, 7) is 6.80. The van der Waals surface area contributed by atoms with Gasteiger partial charge in [0.05, 0.1) is 20.3 Å². The second kappa shape index (κ2) is 7.71. The highest BCUT2D eigenvalue weighted by Crippen LogP contribution is 2.16. The summed E-state index contributed by atoms with van der Waals surface area (Å²) in [5.41, 5.74) is -0.580. The van der Waals surface area contributed by atoms with Gasteiger partial charge >= 0.3 is 5.97 Å². The number of hydrogen-bond acceptors (Lipinski definition) is 5. The first-order valence-corrected chi connectivity index (χ1v) is 6.65. The lowest BCUT2D eigenvalue weighted by Crippen LogP contribution is -2.50. The van der Waals surface area contributed by atoms with Gasteiger partial charge in [0.2, 0.25) is 0 Å². The van der Waals surface area contributed by atoms with Gasteiger partial charge in [-0.1, -0.05) is 6.92 Å². The molecule has 18 heavy (non-hydrogen) atoms. The predicted octanol–water partition coefficient (Wildman–Crippen LogP) is 1.11. The van der Waals surface area contributed by atoms with Crippen molar-refractivity contribution in [2.75, 3.05) is 33.5 Å². The van der Waals surface area contributed by atoms with Crippen LogP contribution in [-0.4, -0.2) is 51.1 Å². The molecule has 1 saturated heterocycles. The molecule has 0 spiro atoms. The maximum absolute atomic E-state index is 11.7. The molecule has 0 bridgehead atoms. The van der Waals surface area contributed by atoms with Crippen LogP contribution in [0.1, 0.15) is 33.1 Å². The molecule has 1 rings (SSSR count). The quantitative estimate of drug-likeness (QED) is 0.496. The SMILES string of the molecule is CCNC(C)(CCCCOC1COC1)C(=O)OC. The number of likely N-dealkylation sites (N-methyl/N-ethyl adjacent to an activating group) is 1. The molecule has 0 aliphatic carbocycles. The number of esters is 1. The third kappa shape index (κ3) is 4.55. The molecule has 1 fully saturated rings. The van der Waals surface area contributed by atoms with Crippen LogP contribution in [0.25, 0.3) is 0 Å². The number of methoxy groups -OCH3 is 1. The molecule has 0 aromatic heterocycles. The molecule has 0 amide bonds. The van der Waals surface area contributed by atoms with Crippen LogP contribution >= 0.6 is 0 Å². The fraction of sp³-hybridized carbons (Fsp3) is 0.923. The molecule has 0 aromatic carbocycles. The second-order valence-electron chi connectivity index (χ2n) is 4.84. The Kier molecular flexibility index (Phi) is 6.60. The van der Waals surface area contributed by atoms with Crippen LogP contribution in [0, 0.1) is 0 Å². The molecule has 1 unspecified atom stereocenters. The van der Waals surface area contributed by atoms with Gasteiger partial charge in [0.15, 0.2) is 0 Å². The summed E-state index contributed by atoms with van der Waals surface area (Å²) in [5, 5.41) is 3.20. The van der Waals surface area contributed by atoms with Gasteiger partial charge in [-0.3, -0.25) is 4.79 Å². The molecule has 1 aliphatic heterocycles. The first-order chi connectivity index (χ1) is 8.62. The van der Waals surface area contributed by atoms with E-state index >= 15 is 0 Å². The lowest BCUT2D eigenvalue weighted by atomic mass is 9.95. The summed E-state index contributed by atoms with van der Waals surface area (Å²) in [4.78, 5) is 11.7. The zero-order chi connectivity index (χ0) is 13.4. The van der Waals surface area contributed by atoms with Gasteiger partial charge in [-0.05, 0) is 32.7 Å². The van der Waals surface area contributed by atoms with Crippen molar-refractivity contribution in [2.45, 2.75) is 44.8 Å². The number of nitrogens with one attached hydrogen (secondary N) is 1. The van der Waals surface area contributed by atoms with Crippen molar-refractivity contribution >= 4 is 5.97 Å². The van der Waals surface area contributed by atoms with Gasteiger partial charge in [-0.2, -0.15) is 0 Å². The van der Waals surface area contributed by atoms with Crippen molar-refractivity contribution in [2.24, 2.45) is 0 Å². The maximum Gasteiger partial charge on any atom is 0.325 e. The first-order valence-electron chi connectivity index (χ1n) is 6.65. The Bertz CT molecular complexity index is 255. The molecule has 106 valence electrons. The van der Waals surface area contributed by atoms with Crippen LogP contribution in [0.5, 0.6) is 0 Å². The van der Waals surface area contributed by atoms with Crippen LogP contribution in [0.15, 0.2) is 0 Å². The monoisotopic (exact) mass is 259 g/mol. The van der Waals surface area contributed by atoms with Crippen molar-refractivity contribution in [3.63, 3.8) is 0 Å². The molecule has 1 atom stereocenters. The van der Waals surface area contributed by atoms with E-state index in [1.165, 1.54) is 7.11 Å². The van der Waals surface area contributed by atoms with Crippen molar-refractivity contribution < 1.29 is 19.0 Å². The van der Waals surface area contributed by atoms with Crippen LogP contribution < -0.4 is 5.32 Å². The van der Waals surface area contributed by atoms with E-state index in [0.29, 0.717) is 0 Å². The summed E-state index contributed by atoms with van der Waals surface area (Å²) in [6.07, 6.45) is 2.93. The number of unbranched alkanes of at least 4 members (excludes halogenated alkanes) is 1. The summed E-state index contributed by atoms with van der Waals surface area (Å²) in [6, 6.07) is 0. The zero-order valence-corrected chi connectivity index (χ0v) is 11.7. The van der Waals surface area contributed by atoms with Crippen LogP contribution in [0.2, 0.25) is 0 Å². The minimum atomic E-state index is -0.580.